The maximum atomic E-state index is 5.86. The minimum Gasteiger partial charge on any atom is -0.493 e. The SMILES string of the molecule is I.NC(=NCc1ccco1)NCC1COc2ccccc2C1. The molecule has 1 aliphatic heterocycles. The molecule has 0 spiro atoms. The number of para-hydroxylation sites is 1. The van der Waals surface area contributed by atoms with Crippen LogP contribution in [0.25, 0.3) is 0 Å². The summed E-state index contributed by atoms with van der Waals surface area (Å²) in [5, 5.41) is 3.15. The van der Waals surface area contributed by atoms with Crippen LogP contribution in [0.5, 0.6) is 5.75 Å². The van der Waals surface area contributed by atoms with Gasteiger partial charge in [0, 0.05) is 12.5 Å². The van der Waals surface area contributed by atoms with Crippen molar-refractivity contribution >= 4 is 29.9 Å². The highest BCUT2D eigenvalue weighted by Gasteiger charge is 2.19. The number of hydrogen-bond donors (Lipinski definition) is 2. The van der Waals surface area contributed by atoms with Crippen LogP contribution in [-0.2, 0) is 13.0 Å². The van der Waals surface area contributed by atoms with Gasteiger partial charge < -0.3 is 20.2 Å². The predicted octanol–water partition coefficient (Wildman–Crippen LogP) is 2.55. The van der Waals surface area contributed by atoms with E-state index in [0.717, 1.165) is 24.5 Å². The standard InChI is InChI=1S/C16H19N3O2.HI/c17-16(19-10-14-5-3-7-20-14)18-9-12-8-13-4-1-2-6-15(13)21-11-12;/h1-7,12H,8-11H2,(H3,17,18,19);1H. The maximum absolute atomic E-state index is 5.86. The number of hydrogen-bond acceptors (Lipinski definition) is 3. The molecular weight excluding hydrogens is 393 g/mol. The topological polar surface area (TPSA) is 72.8 Å². The zero-order valence-electron chi connectivity index (χ0n) is 12.2. The van der Waals surface area contributed by atoms with E-state index in [1.54, 1.807) is 6.26 Å². The van der Waals surface area contributed by atoms with Crippen molar-refractivity contribution < 1.29 is 9.15 Å². The number of aliphatic imine (C=N–C) groups is 1. The molecule has 1 aliphatic rings. The Morgan fingerprint density at radius 1 is 1.27 bits per heavy atom. The second kappa shape index (κ2) is 8.07. The van der Waals surface area contributed by atoms with Crippen LogP contribution < -0.4 is 15.8 Å². The summed E-state index contributed by atoms with van der Waals surface area (Å²) >= 11 is 0. The molecule has 118 valence electrons. The average molecular weight is 413 g/mol. The second-order valence-electron chi connectivity index (χ2n) is 5.15. The van der Waals surface area contributed by atoms with E-state index in [0.29, 0.717) is 25.0 Å². The minimum absolute atomic E-state index is 0. The molecule has 0 fully saturated rings. The molecule has 6 heteroatoms. The molecular formula is C16H20IN3O2. The fourth-order valence-corrected chi connectivity index (χ4v) is 2.39. The van der Waals surface area contributed by atoms with Gasteiger partial charge in [0.25, 0.3) is 0 Å². The van der Waals surface area contributed by atoms with E-state index in [4.69, 9.17) is 14.9 Å². The van der Waals surface area contributed by atoms with Crippen LogP contribution in [0.1, 0.15) is 11.3 Å². The molecule has 0 amide bonds. The van der Waals surface area contributed by atoms with Crippen molar-refractivity contribution in [3.05, 3.63) is 54.0 Å². The Bertz CT molecular complexity index is 614. The van der Waals surface area contributed by atoms with Crippen LogP contribution in [0.2, 0.25) is 0 Å². The van der Waals surface area contributed by atoms with E-state index in [1.165, 1.54) is 5.56 Å². The van der Waals surface area contributed by atoms with Crippen LogP contribution in [-0.4, -0.2) is 19.1 Å². The van der Waals surface area contributed by atoms with Gasteiger partial charge in [-0.15, -0.1) is 24.0 Å². The van der Waals surface area contributed by atoms with Gasteiger partial charge in [-0.25, -0.2) is 4.99 Å². The molecule has 1 unspecified atom stereocenters. The fraction of sp³-hybridized carbons (Fsp3) is 0.312. The third kappa shape index (κ3) is 4.40. The molecule has 3 rings (SSSR count). The number of nitrogens with zero attached hydrogens (tertiary/aromatic N) is 1. The lowest BCUT2D eigenvalue weighted by Crippen LogP contribution is -2.38. The van der Waals surface area contributed by atoms with E-state index in [1.807, 2.05) is 30.3 Å². The molecule has 1 aromatic carbocycles. The number of ether oxygens (including phenoxy) is 1. The van der Waals surface area contributed by atoms with Crippen molar-refractivity contribution in [3.63, 3.8) is 0 Å². The van der Waals surface area contributed by atoms with Crippen molar-refractivity contribution in [2.45, 2.75) is 13.0 Å². The molecule has 2 aromatic rings. The van der Waals surface area contributed by atoms with Crippen molar-refractivity contribution in [1.29, 1.82) is 0 Å². The van der Waals surface area contributed by atoms with Crippen molar-refractivity contribution in [1.82, 2.24) is 5.32 Å². The van der Waals surface area contributed by atoms with E-state index in [-0.39, 0.29) is 24.0 Å². The Balaban J connectivity index is 0.00000176. The first-order valence-electron chi connectivity index (χ1n) is 7.08. The molecule has 0 saturated carbocycles. The van der Waals surface area contributed by atoms with Crippen LogP contribution in [0.3, 0.4) is 0 Å². The molecule has 5 nitrogen and oxygen atoms in total. The summed E-state index contributed by atoms with van der Waals surface area (Å²) in [5.41, 5.74) is 7.11. The first-order chi connectivity index (χ1) is 10.3. The van der Waals surface area contributed by atoms with Gasteiger partial charge >= 0.3 is 0 Å². The van der Waals surface area contributed by atoms with Crippen LogP contribution >= 0.6 is 24.0 Å². The van der Waals surface area contributed by atoms with Gasteiger partial charge in [0.05, 0.1) is 12.9 Å². The molecule has 0 aliphatic carbocycles. The Hall–Kier alpha value is -1.70. The van der Waals surface area contributed by atoms with E-state index in [2.05, 4.69) is 16.4 Å². The summed E-state index contributed by atoms with van der Waals surface area (Å²) < 4.78 is 11.0. The molecule has 0 radical (unpaired) electrons. The number of halogens is 1. The lowest BCUT2D eigenvalue weighted by Gasteiger charge is -2.25. The quantitative estimate of drug-likeness (QED) is 0.459. The summed E-state index contributed by atoms with van der Waals surface area (Å²) in [7, 11) is 0. The largest absolute Gasteiger partial charge is 0.493 e. The highest BCUT2D eigenvalue weighted by Crippen LogP contribution is 2.26. The van der Waals surface area contributed by atoms with Gasteiger partial charge in [-0.1, -0.05) is 18.2 Å². The van der Waals surface area contributed by atoms with Crippen LogP contribution in [0.4, 0.5) is 0 Å². The number of nitrogens with one attached hydrogen (secondary N) is 1. The molecule has 1 aromatic heterocycles. The normalized spacial score (nSPS) is 17.1. The maximum Gasteiger partial charge on any atom is 0.189 e. The number of rotatable bonds is 4. The lowest BCUT2D eigenvalue weighted by molar-refractivity contribution is 0.223. The summed E-state index contributed by atoms with van der Waals surface area (Å²) in [6.45, 7) is 1.91. The van der Waals surface area contributed by atoms with Gasteiger partial charge in [0.15, 0.2) is 5.96 Å². The highest BCUT2D eigenvalue weighted by atomic mass is 127. The number of furan rings is 1. The zero-order chi connectivity index (χ0) is 14.5. The van der Waals surface area contributed by atoms with Crippen LogP contribution in [0.15, 0.2) is 52.1 Å². The van der Waals surface area contributed by atoms with Crippen molar-refractivity contribution in [3.8, 4) is 5.75 Å². The Morgan fingerprint density at radius 2 is 2.14 bits per heavy atom. The lowest BCUT2D eigenvalue weighted by atomic mass is 9.97. The van der Waals surface area contributed by atoms with Gasteiger partial charge in [0.2, 0.25) is 0 Å². The summed E-state index contributed by atoms with van der Waals surface area (Å²) in [5.74, 6) is 2.63. The Kier molecular flexibility index (Phi) is 6.11. The molecule has 0 saturated heterocycles. The number of fused-ring (bicyclic) bond motifs is 1. The first-order valence-corrected chi connectivity index (χ1v) is 7.08. The third-order valence-electron chi connectivity index (χ3n) is 3.51. The summed E-state index contributed by atoms with van der Waals surface area (Å²) in [6.07, 6.45) is 2.62. The average Bonchev–Trinajstić information content (AvgIpc) is 3.04. The first kappa shape index (κ1) is 16.7. The number of guanidine groups is 1. The number of benzene rings is 1. The van der Waals surface area contributed by atoms with Crippen molar-refractivity contribution in [2.24, 2.45) is 16.6 Å². The molecule has 22 heavy (non-hydrogen) atoms. The third-order valence-corrected chi connectivity index (χ3v) is 3.51. The zero-order valence-corrected chi connectivity index (χ0v) is 14.5. The van der Waals surface area contributed by atoms with Gasteiger partial charge in [-0.3, -0.25) is 0 Å². The predicted molar refractivity (Wildman–Crippen MR) is 96.6 cm³/mol. The van der Waals surface area contributed by atoms with E-state index >= 15 is 0 Å². The Morgan fingerprint density at radius 3 is 2.95 bits per heavy atom. The Labute approximate surface area is 147 Å². The summed E-state index contributed by atoms with van der Waals surface area (Å²) in [6, 6.07) is 11.9. The van der Waals surface area contributed by atoms with Gasteiger partial charge in [0.1, 0.15) is 18.1 Å². The molecule has 3 N–H and O–H groups in total. The van der Waals surface area contributed by atoms with Crippen LogP contribution in [0, 0.1) is 5.92 Å². The smallest absolute Gasteiger partial charge is 0.189 e. The fourth-order valence-electron chi connectivity index (χ4n) is 2.39. The molecule has 2 heterocycles. The van der Waals surface area contributed by atoms with E-state index in [9.17, 15) is 0 Å². The minimum atomic E-state index is 0. The number of nitrogens with two attached hydrogens (primary N) is 1. The van der Waals surface area contributed by atoms with Gasteiger partial charge in [-0.2, -0.15) is 0 Å². The highest BCUT2D eigenvalue weighted by molar-refractivity contribution is 14.0. The second-order valence-corrected chi connectivity index (χ2v) is 5.15. The summed E-state index contributed by atoms with van der Waals surface area (Å²) in [4.78, 5) is 4.24. The van der Waals surface area contributed by atoms with Crippen molar-refractivity contribution in [2.75, 3.05) is 13.2 Å². The monoisotopic (exact) mass is 413 g/mol. The molecule has 1 atom stereocenters. The molecule has 0 bridgehead atoms. The van der Waals surface area contributed by atoms with E-state index < -0.39 is 0 Å². The van der Waals surface area contributed by atoms with Gasteiger partial charge in [-0.05, 0) is 30.2 Å².